The van der Waals surface area contributed by atoms with E-state index in [1.807, 2.05) is 32.0 Å². The summed E-state index contributed by atoms with van der Waals surface area (Å²) in [5.74, 6) is -1.42. The SMILES string of the molecule is Cc1cccc(C)c1NC(=O)CNC(=O)c1ccc(F)cc1Cl. The summed E-state index contributed by atoms with van der Waals surface area (Å²) in [6, 6.07) is 9.14. The number of aryl methyl sites for hydroxylation is 2. The Bertz CT molecular complexity index is 742. The molecule has 0 heterocycles. The van der Waals surface area contributed by atoms with Crippen molar-refractivity contribution in [2.75, 3.05) is 11.9 Å². The van der Waals surface area contributed by atoms with Gasteiger partial charge in [-0.15, -0.1) is 0 Å². The molecular formula is C17H16ClFN2O2. The number of nitrogens with one attached hydrogen (secondary N) is 2. The van der Waals surface area contributed by atoms with Gasteiger partial charge in [-0.05, 0) is 43.2 Å². The predicted octanol–water partition coefficient (Wildman–Crippen LogP) is 3.46. The lowest BCUT2D eigenvalue weighted by atomic mass is 10.1. The van der Waals surface area contributed by atoms with Gasteiger partial charge < -0.3 is 10.6 Å². The topological polar surface area (TPSA) is 58.2 Å². The molecule has 120 valence electrons. The Morgan fingerprint density at radius 1 is 1.13 bits per heavy atom. The van der Waals surface area contributed by atoms with E-state index in [2.05, 4.69) is 10.6 Å². The summed E-state index contributed by atoms with van der Waals surface area (Å²) in [7, 11) is 0. The van der Waals surface area contributed by atoms with Crippen molar-refractivity contribution in [2.24, 2.45) is 0 Å². The molecule has 0 radical (unpaired) electrons. The van der Waals surface area contributed by atoms with Crippen molar-refractivity contribution in [3.63, 3.8) is 0 Å². The van der Waals surface area contributed by atoms with Gasteiger partial charge in [-0.3, -0.25) is 9.59 Å². The van der Waals surface area contributed by atoms with E-state index in [1.165, 1.54) is 6.07 Å². The third-order valence-electron chi connectivity index (χ3n) is 3.33. The average Bonchev–Trinajstić information content (AvgIpc) is 2.49. The van der Waals surface area contributed by atoms with Gasteiger partial charge in [-0.25, -0.2) is 4.39 Å². The third-order valence-corrected chi connectivity index (χ3v) is 3.64. The summed E-state index contributed by atoms with van der Waals surface area (Å²) in [5.41, 5.74) is 2.72. The Morgan fingerprint density at radius 3 is 2.39 bits per heavy atom. The second-order valence-electron chi connectivity index (χ2n) is 5.12. The Hall–Kier alpha value is -2.40. The maximum absolute atomic E-state index is 13.0. The van der Waals surface area contributed by atoms with Crippen LogP contribution >= 0.6 is 11.6 Å². The van der Waals surface area contributed by atoms with Crippen LogP contribution in [0.5, 0.6) is 0 Å². The maximum Gasteiger partial charge on any atom is 0.253 e. The molecule has 0 spiro atoms. The average molecular weight is 335 g/mol. The second-order valence-corrected chi connectivity index (χ2v) is 5.53. The van der Waals surface area contributed by atoms with Crippen LogP contribution in [0.1, 0.15) is 21.5 Å². The third kappa shape index (κ3) is 4.29. The fourth-order valence-corrected chi connectivity index (χ4v) is 2.38. The van der Waals surface area contributed by atoms with Gasteiger partial charge in [0.1, 0.15) is 5.82 Å². The summed E-state index contributed by atoms with van der Waals surface area (Å²) >= 11 is 5.81. The molecule has 2 amide bonds. The number of para-hydroxylation sites is 1. The number of amides is 2. The van der Waals surface area contributed by atoms with Crippen LogP contribution in [0.25, 0.3) is 0 Å². The molecule has 2 rings (SSSR count). The van der Waals surface area contributed by atoms with Crippen molar-refractivity contribution in [3.05, 3.63) is 63.9 Å². The fraction of sp³-hybridized carbons (Fsp3) is 0.176. The lowest BCUT2D eigenvalue weighted by Crippen LogP contribution is -2.33. The highest BCUT2D eigenvalue weighted by molar-refractivity contribution is 6.33. The summed E-state index contributed by atoms with van der Waals surface area (Å²) < 4.78 is 13.0. The van der Waals surface area contributed by atoms with Crippen LogP contribution < -0.4 is 10.6 Å². The van der Waals surface area contributed by atoms with Crippen LogP contribution in [0, 0.1) is 19.7 Å². The molecule has 23 heavy (non-hydrogen) atoms. The molecule has 2 N–H and O–H groups in total. The zero-order valence-electron chi connectivity index (χ0n) is 12.7. The molecule has 0 aliphatic carbocycles. The molecule has 0 aromatic heterocycles. The summed E-state index contributed by atoms with van der Waals surface area (Å²) in [6.45, 7) is 3.57. The molecule has 0 unspecified atom stereocenters. The number of rotatable bonds is 4. The van der Waals surface area contributed by atoms with Crippen molar-refractivity contribution in [1.82, 2.24) is 5.32 Å². The molecule has 6 heteroatoms. The first kappa shape index (κ1) is 17.0. The van der Waals surface area contributed by atoms with Crippen LogP contribution in [0.3, 0.4) is 0 Å². The van der Waals surface area contributed by atoms with Crippen molar-refractivity contribution >= 4 is 29.1 Å². The van der Waals surface area contributed by atoms with Crippen molar-refractivity contribution in [1.29, 1.82) is 0 Å². The first-order chi connectivity index (χ1) is 10.9. The molecule has 2 aromatic rings. The smallest absolute Gasteiger partial charge is 0.253 e. The zero-order chi connectivity index (χ0) is 17.0. The standard InChI is InChI=1S/C17H16ClFN2O2/c1-10-4-3-5-11(2)16(10)21-15(22)9-20-17(23)13-7-6-12(19)8-14(13)18/h3-8H,9H2,1-2H3,(H,20,23)(H,21,22). The van der Waals surface area contributed by atoms with Gasteiger partial charge in [0.25, 0.3) is 5.91 Å². The van der Waals surface area contributed by atoms with E-state index in [9.17, 15) is 14.0 Å². The van der Waals surface area contributed by atoms with E-state index in [-0.39, 0.29) is 23.0 Å². The molecular weight excluding hydrogens is 319 g/mol. The van der Waals surface area contributed by atoms with Crippen LogP contribution in [0.15, 0.2) is 36.4 Å². The molecule has 4 nitrogen and oxygen atoms in total. The Balaban J connectivity index is 1.98. The minimum atomic E-state index is -0.536. The van der Waals surface area contributed by atoms with Crippen molar-refractivity contribution < 1.29 is 14.0 Å². The normalized spacial score (nSPS) is 10.3. The van der Waals surface area contributed by atoms with Gasteiger partial charge in [0, 0.05) is 5.69 Å². The van der Waals surface area contributed by atoms with Gasteiger partial charge in [-0.2, -0.15) is 0 Å². The highest BCUT2D eigenvalue weighted by Gasteiger charge is 2.13. The van der Waals surface area contributed by atoms with E-state index < -0.39 is 11.7 Å². The monoisotopic (exact) mass is 334 g/mol. The molecule has 0 saturated carbocycles. The van der Waals surface area contributed by atoms with Crippen LogP contribution in [0.2, 0.25) is 5.02 Å². The number of hydrogen-bond donors (Lipinski definition) is 2. The Labute approximate surface area is 138 Å². The minimum Gasteiger partial charge on any atom is -0.343 e. The molecule has 0 saturated heterocycles. The molecule has 0 fully saturated rings. The van der Waals surface area contributed by atoms with Crippen molar-refractivity contribution in [2.45, 2.75) is 13.8 Å². The number of hydrogen-bond acceptors (Lipinski definition) is 2. The lowest BCUT2D eigenvalue weighted by molar-refractivity contribution is -0.115. The lowest BCUT2D eigenvalue weighted by Gasteiger charge is -2.12. The van der Waals surface area contributed by atoms with E-state index >= 15 is 0 Å². The van der Waals surface area contributed by atoms with E-state index in [0.29, 0.717) is 0 Å². The van der Waals surface area contributed by atoms with Gasteiger partial charge >= 0.3 is 0 Å². The van der Waals surface area contributed by atoms with E-state index in [4.69, 9.17) is 11.6 Å². The molecule has 0 aliphatic heterocycles. The quantitative estimate of drug-likeness (QED) is 0.899. The number of carbonyl (C=O) groups is 2. The number of benzene rings is 2. The molecule has 0 aliphatic rings. The second kappa shape index (κ2) is 7.24. The highest BCUT2D eigenvalue weighted by atomic mass is 35.5. The minimum absolute atomic E-state index is 0.00217. The van der Waals surface area contributed by atoms with E-state index in [1.54, 1.807) is 0 Å². The van der Waals surface area contributed by atoms with Gasteiger partial charge in [0.2, 0.25) is 5.91 Å². The molecule has 2 aromatic carbocycles. The van der Waals surface area contributed by atoms with Gasteiger partial charge in [0.15, 0.2) is 0 Å². The molecule has 0 bridgehead atoms. The fourth-order valence-electron chi connectivity index (χ4n) is 2.12. The van der Waals surface area contributed by atoms with Crippen LogP contribution in [-0.4, -0.2) is 18.4 Å². The van der Waals surface area contributed by atoms with Crippen LogP contribution in [-0.2, 0) is 4.79 Å². The van der Waals surface area contributed by atoms with Gasteiger partial charge in [0.05, 0.1) is 17.1 Å². The Kier molecular flexibility index (Phi) is 5.34. The summed E-state index contributed by atoms with van der Waals surface area (Å²) in [4.78, 5) is 23.9. The number of halogens is 2. The summed E-state index contributed by atoms with van der Waals surface area (Å²) in [6.07, 6.45) is 0. The van der Waals surface area contributed by atoms with Crippen molar-refractivity contribution in [3.8, 4) is 0 Å². The zero-order valence-corrected chi connectivity index (χ0v) is 13.5. The highest BCUT2D eigenvalue weighted by Crippen LogP contribution is 2.19. The summed E-state index contributed by atoms with van der Waals surface area (Å²) in [5, 5.41) is 5.22. The largest absolute Gasteiger partial charge is 0.343 e. The van der Waals surface area contributed by atoms with E-state index in [0.717, 1.165) is 28.9 Å². The van der Waals surface area contributed by atoms with Crippen LogP contribution in [0.4, 0.5) is 10.1 Å². The maximum atomic E-state index is 13.0. The predicted molar refractivity (Wildman–Crippen MR) is 88.3 cm³/mol. The first-order valence-electron chi connectivity index (χ1n) is 6.98. The number of carbonyl (C=O) groups excluding carboxylic acids is 2. The first-order valence-corrected chi connectivity index (χ1v) is 7.35. The Morgan fingerprint density at radius 2 is 1.78 bits per heavy atom. The molecule has 0 atom stereocenters. The number of anilines is 1. The van der Waals surface area contributed by atoms with Gasteiger partial charge in [-0.1, -0.05) is 29.8 Å².